The van der Waals surface area contributed by atoms with E-state index in [9.17, 15) is 9.59 Å². The number of nitrogens with one attached hydrogen (secondary N) is 1. The molecule has 0 aliphatic rings. The van der Waals surface area contributed by atoms with Gasteiger partial charge in [0.2, 0.25) is 5.91 Å². The SMILES string of the molecule is CCCCn1c(SCCCC(=O)Nc2ccccc2C(C)=O)nnc1-c1ccc(OC)cc1. The van der Waals surface area contributed by atoms with Gasteiger partial charge in [0, 0.05) is 29.8 Å². The quantitative estimate of drug-likeness (QED) is 0.216. The van der Waals surface area contributed by atoms with Gasteiger partial charge in [0.1, 0.15) is 5.75 Å². The van der Waals surface area contributed by atoms with Crippen LogP contribution in [0, 0.1) is 0 Å². The average molecular weight is 467 g/mol. The summed E-state index contributed by atoms with van der Waals surface area (Å²) < 4.78 is 7.40. The minimum Gasteiger partial charge on any atom is -0.497 e. The molecule has 1 heterocycles. The van der Waals surface area contributed by atoms with Gasteiger partial charge in [0.05, 0.1) is 12.8 Å². The van der Waals surface area contributed by atoms with Crippen LogP contribution in [0.1, 0.15) is 49.9 Å². The number of para-hydroxylation sites is 1. The normalized spacial score (nSPS) is 10.8. The Morgan fingerprint density at radius 2 is 1.82 bits per heavy atom. The summed E-state index contributed by atoms with van der Waals surface area (Å²) >= 11 is 1.61. The molecule has 1 amide bonds. The molecule has 174 valence electrons. The van der Waals surface area contributed by atoms with Gasteiger partial charge >= 0.3 is 0 Å². The van der Waals surface area contributed by atoms with Crippen molar-refractivity contribution in [1.82, 2.24) is 14.8 Å². The predicted molar refractivity (Wildman–Crippen MR) is 132 cm³/mol. The Morgan fingerprint density at radius 1 is 1.06 bits per heavy atom. The van der Waals surface area contributed by atoms with E-state index in [2.05, 4.69) is 27.0 Å². The number of amides is 1. The molecule has 0 unspecified atom stereocenters. The van der Waals surface area contributed by atoms with Crippen molar-refractivity contribution in [2.24, 2.45) is 0 Å². The number of nitrogens with zero attached hydrogens (tertiary/aromatic N) is 3. The highest BCUT2D eigenvalue weighted by Crippen LogP contribution is 2.27. The molecule has 1 aromatic heterocycles. The second kappa shape index (κ2) is 12.2. The van der Waals surface area contributed by atoms with Crippen molar-refractivity contribution in [2.45, 2.75) is 51.2 Å². The van der Waals surface area contributed by atoms with Crippen molar-refractivity contribution >= 4 is 29.1 Å². The van der Waals surface area contributed by atoms with Crippen LogP contribution >= 0.6 is 11.8 Å². The van der Waals surface area contributed by atoms with E-state index in [1.54, 1.807) is 43.1 Å². The van der Waals surface area contributed by atoms with E-state index in [0.717, 1.165) is 47.4 Å². The number of benzene rings is 2. The molecular weight excluding hydrogens is 436 g/mol. The molecule has 0 spiro atoms. The predicted octanol–water partition coefficient (Wildman–Crippen LogP) is 5.47. The second-order valence-corrected chi connectivity index (χ2v) is 8.70. The van der Waals surface area contributed by atoms with Crippen LogP contribution in [0.5, 0.6) is 5.75 Å². The maximum Gasteiger partial charge on any atom is 0.224 e. The van der Waals surface area contributed by atoms with Gasteiger partial charge in [-0.1, -0.05) is 37.2 Å². The number of hydrogen-bond donors (Lipinski definition) is 1. The first-order valence-electron chi connectivity index (χ1n) is 11.1. The van der Waals surface area contributed by atoms with E-state index in [0.29, 0.717) is 24.1 Å². The third kappa shape index (κ3) is 6.68. The number of methoxy groups -OCH3 is 1. The lowest BCUT2D eigenvalue weighted by Crippen LogP contribution is -2.14. The van der Waals surface area contributed by atoms with E-state index in [4.69, 9.17) is 4.74 Å². The van der Waals surface area contributed by atoms with Gasteiger partial charge in [0.25, 0.3) is 0 Å². The lowest BCUT2D eigenvalue weighted by Gasteiger charge is -2.10. The molecule has 7 nitrogen and oxygen atoms in total. The molecular formula is C25H30N4O3S. The summed E-state index contributed by atoms with van der Waals surface area (Å²) in [6.45, 7) is 4.50. The molecule has 0 aliphatic heterocycles. The molecule has 0 saturated heterocycles. The topological polar surface area (TPSA) is 86.1 Å². The number of ketones is 1. The molecule has 0 atom stereocenters. The number of thioether (sulfide) groups is 1. The fraction of sp³-hybridized carbons (Fsp3) is 0.360. The standard InChI is InChI=1S/C25H30N4O3S/c1-4-5-16-29-24(19-12-14-20(32-3)15-13-19)27-28-25(29)33-17-8-11-23(31)26-22-10-7-6-9-21(22)18(2)30/h6-7,9-10,12-15H,4-5,8,11,16-17H2,1-3H3,(H,26,31). The number of Topliss-reactive ketones (excluding diaryl/α,β-unsaturated/α-hetero) is 1. The lowest BCUT2D eigenvalue weighted by molar-refractivity contribution is -0.116. The third-order valence-electron chi connectivity index (χ3n) is 5.16. The van der Waals surface area contributed by atoms with Gasteiger partial charge < -0.3 is 14.6 Å². The van der Waals surface area contributed by atoms with Crippen LogP contribution in [-0.2, 0) is 11.3 Å². The summed E-state index contributed by atoms with van der Waals surface area (Å²) in [6, 6.07) is 14.9. The van der Waals surface area contributed by atoms with E-state index in [-0.39, 0.29) is 11.7 Å². The van der Waals surface area contributed by atoms with Crippen molar-refractivity contribution in [3.63, 3.8) is 0 Å². The summed E-state index contributed by atoms with van der Waals surface area (Å²) in [4.78, 5) is 24.1. The summed E-state index contributed by atoms with van der Waals surface area (Å²) in [5.41, 5.74) is 2.08. The third-order valence-corrected chi connectivity index (χ3v) is 6.21. The minimum absolute atomic E-state index is 0.0689. The first-order chi connectivity index (χ1) is 16.0. The number of carbonyl (C=O) groups excluding carboxylic acids is 2. The Labute approximate surface area is 198 Å². The van der Waals surface area contributed by atoms with Crippen LogP contribution < -0.4 is 10.1 Å². The molecule has 0 radical (unpaired) electrons. The van der Waals surface area contributed by atoms with Crippen molar-refractivity contribution < 1.29 is 14.3 Å². The summed E-state index contributed by atoms with van der Waals surface area (Å²) in [5.74, 6) is 2.22. The summed E-state index contributed by atoms with van der Waals surface area (Å²) in [6.07, 6.45) is 3.17. The Morgan fingerprint density at radius 3 is 2.52 bits per heavy atom. The number of aromatic nitrogens is 3. The van der Waals surface area contributed by atoms with Crippen LogP contribution in [-0.4, -0.2) is 39.3 Å². The van der Waals surface area contributed by atoms with Crippen LogP contribution in [0.25, 0.3) is 11.4 Å². The first-order valence-corrected chi connectivity index (χ1v) is 12.1. The van der Waals surface area contributed by atoms with Gasteiger partial charge in [-0.05, 0) is 56.2 Å². The average Bonchev–Trinajstić information content (AvgIpc) is 3.23. The highest BCUT2D eigenvalue weighted by Gasteiger charge is 2.15. The fourth-order valence-corrected chi connectivity index (χ4v) is 4.28. The molecule has 33 heavy (non-hydrogen) atoms. The molecule has 0 saturated carbocycles. The van der Waals surface area contributed by atoms with Gasteiger partial charge in [-0.15, -0.1) is 10.2 Å². The zero-order valence-electron chi connectivity index (χ0n) is 19.3. The Balaban J connectivity index is 1.59. The van der Waals surface area contributed by atoms with E-state index in [1.165, 1.54) is 6.92 Å². The molecule has 2 aromatic carbocycles. The highest BCUT2D eigenvalue weighted by atomic mass is 32.2. The smallest absolute Gasteiger partial charge is 0.224 e. The van der Waals surface area contributed by atoms with Crippen LogP contribution in [0.2, 0.25) is 0 Å². The lowest BCUT2D eigenvalue weighted by atomic mass is 10.1. The van der Waals surface area contributed by atoms with Crippen LogP contribution in [0.4, 0.5) is 5.69 Å². The molecule has 0 aliphatic carbocycles. The number of ether oxygens (including phenoxy) is 1. The van der Waals surface area contributed by atoms with Gasteiger partial charge in [-0.25, -0.2) is 0 Å². The Kier molecular flexibility index (Phi) is 9.06. The maximum atomic E-state index is 12.4. The molecule has 1 N–H and O–H groups in total. The second-order valence-electron chi connectivity index (χ2n) is 7.64. The summed E-state index contributed by atoms with van der Waals surface area (Å²) in [5, 5.41) is 12.6. The molecule has 3 rings (SSSR count). The zero-order valence-corrected chi connectivity index (χ0v) is 20.2. The maximum absolute atomic E-state index is 12.4. The Hall–Kier alpha value is -3.13. The van der Waals surface area contributed by atoms with Gasteiger partial charge in [0.15, 0.2) is 16.8 Å². The van der Waals surface area contributed by atoms with Crippen LogP contribution in [0.3, 0.4) is 0 Å². The molecule has 0 fully saturated rings. The summed E-state index contributed by atoms with van der Waals surface area (Å²) in [7, 11) is 1.65. The number of hydrogen-bond acceptors (Lipinski definition) is 6. The van der Waals surface area contributed by atoms with E-state index in [1.807, 2.05) is 24.3 Å². The minimum atomic E-state index is -0.101. The number of anilines is 1. The molecule has 3 aromatic rings. The highest BCUT2D eigenvalue weighted by molar-refractivity contribution is 7.99. The number of unbranched alkanes of at least 4 members (excludes halogenated alkanes) is 1. The number of carbonyl (C=O) groups is 2. The van der Waals surface area contributed by atoms with Crippen molar-refractivity contribution in [2.75, 3.05) is 18.2 Å². The number of rotatable bonds is 12. The Bertz CT molecular complexity index is 1080. The van der Waals surface area contributed by atoms with Gasteiger partial charge in [-0.2, -0.15) is 0 Å². The molecule has 8 heteroatoms. The fourth-order valence-electron chi connectivity index (χ4n) is 3.37. The van der Waals surface area contributed by atoms with Crippen molar-refractivity contribution in [3.05, 3.63) is 54.1 Å². The monoisotopic (exact) mass is 466 g/mol. The first kappa shape index (κ1) is 24.5. The van der Waals surface area contributed by atoms with E-state index >= 15 is 0 Å². The van der Waals surface area contributed by atoms with E-state index < -0.39 is 0 Å². The van der Waals surface area contributed by atoms with Crippen molar-refractivity contribution in [3.8, 4) is 17.1 Å². The molecule has 0 bridgehead atoms. The van der Waals surface area contributed by atoms with Crippen molar-refractivity contribution in [1.29, 1.82) is 0 Å². The van der Waals surface area contributed by atoms with Gasteiger partial charge in [-0.3, -0.25) is 9.59 Å². The zero-order chi connectivity index (χ0) is 23.6. The largest absolute Gasteiger partial charge is 0.497 e. The van der Waals surface area contributed by atoms with Crippen LogP contribution in [0.15, 0.2) is 53.7 Å².